The number of amides is 2. The second-order valence-electron chi connectivity index (χ2n) is 6.50. The Morgan fingerprint density at radius 2 is 1.85 bits per heavy atom. The molecule has 1 fully saturated rings. The molecule has 1 heterocycles. The van der Waals surface area contributed by atoms with Gasteiger partial charge in [-0.05, 0) is 61.7 Å². The van der Waals surface area contributed by atoms with Crippen molar-refractivity contribution in [3.8, 4) is 0 Å². The van der Waals surface area contributed by atoms with E-state index >= 15 is 0 Å². The predicted molar refractivity (Wildman–Crippen MR) is 105 cm³/mol. The van der Waals surface area contributed by atoms with E-state index in [1.807, 2.05) is 19.1 Å². The van der Waals surface area contributed by atoms with Gasteiger partial charge in [0.1, 0.15) is 0 Å². The third-order valence-electron chi connectivity index (χ3n) is 4.70. The number of likely N-dealkylation sites (tertiary alicyclic amines) is 1. The number of carbonyl (C=O) groups is 2. The third kappa shape index (κ3) is 4.19. The number of rotatable bonds is 3. The second-order valence-corrected chi connectivity index (χ2v) is 7.34. The first-order valence-electron chi connectivity index (χ1n) is 8.56. The topological polar surface area (TPSA) is 49.4 Å². The lowest BCUT2D eigenvalue weighted by atomic mass is 9.96. The van der Waals surface area contributed by atoms with Crippen LogP contribution in [0.5, 0.6) is 0 Å². The summed E-state index contributed by atoms with van der Waals surface area (Å²) < 4.78 is 0. The summed E-state index contributed by atoms with van der Waals surface area (Å²) in [6.07, 6.45) is 1.56. The summed E-state index contributed by atoms with van der Waals surface area (Å²) in [4.78, 5) is 27.1. The predicted octanol–water partition coefficient (Wildman–Crippen LogP) is 4.79. The number of benzene rings is 2. The lowest BCUT2D eigenvalue weighted by Crippen LogP contribution is -2.43. The largest absolute Gasteiger partial charge is 0.338 e. The fraction of sp³-hybridized carbons (Fsp3) is 0.300. The Hall–Kier alpha value is -2.04. The zero-order valence-electron chi connectivity index (χ0n) is 14.5. The van der Waals surface area contributed by atoms with Crippen LogP contribution in [0, 0.1) is 12.8 Å². The van der Waals surface area contributed by atoms with Crippen LogP contribution < -0.4 is 5.32 Å². The van der Waals surface area contributed by atoms with Crippen LogP contribution in [0.1, 0.15) is 28.8 Å². The van der Waals surface area contributed by atoms with Gasteiger partial charge in [-0.3, -0.25) is 9.59 Å². The van der Waals surface area contributed by atoms with Crippen molar-refractivity contribution in [1.29, 1.82) is 0 Å². The van der Waals surface area contributed by atoms with Crippen molar-refractivity contribution in [1.82, 2.24) is 4.90 Å². The molecule has 1 aliphatic rings. The molecule has 3 rings (SSSR count). The highest BCUT2D eigenvalue weighted by atomic mass is 35.5. The molecular formula is C20H20Cl2N2O2. The van der Waals surface area contributed by atoms with Gasteiger partial charge in [-0.25, -0.2) is 0 Å². The molecule has 0 bridgehead atoms. The zero-order chi connectivity index (χ0) is 18.7. The van der Waals surface area contributed by atoms with Crippen molar-refractivity contribution in [2.75, 3.05) is 18.4 Å². The van der Waals surface area contributed by atoms with Gasteiger partial charge in [-0.1, -0.05) is 29.3 Å². The number of hydrogen-bond acceptors (Lipinski definition) is 2. The van der Waals surface area contributed by atoms with Crippen LogP contribution >= 0.6 is 23.2 Å². The molecule has 26 heavy (non-hydrogen) atoms. The van der Waals surface area contributed by atoms with Crippen molar-refractivity contribution < 1.29 is 9.59 Å². The van der Waals surface area contributed by atoms with Crippen LogP contribution in [0.2, 0.25) is 10.0 Å². The summed E-state index contributed by atoms with van der Waals surface area (Å²) >= 11 is 12.0. The van der Waals surface area contributed by atoms with Gasteiger partial charge in [0, 0.05) is 34.4 Å². The number of halogens is 2. The van der Waals surface area contributed by atoms with Gasteiger partial charge in [0.2, 0.25) is 5.91 Å². The lowest BCUT2D eigenvalue weighted by Gasteiger charge is -2.32. The van der Waals surface area contributed by atoms with E-state index in [-0.39, 0.29) is 17.7 Å². The van der Waals surface area contributed by atoms with E-state index < -0.39 is 0 Å². The van der Waals surface area contributed by atoms with Crippen molar-refractivity contribution in [3.05, 3.63) is 63.6 Å². The van der Waals surface area contributed by atoms with Crippen LogP contribution in [-0.4, -0.2) is 29.8 Å². The van der Waals surface area contributed by atoms with Crippen LogP contribution in [0.4, 0.5) is 5.69 Å². The highest BCUT2D eigenvalue weighted by Crippen LogP contribution is 2.25. The first-order chi connectivity index (χ1) is 12.5. The molecule has 1 atom stereocenters. The first kappa shape index (κ1) is 18.7. The van der Waals surface area contributed by atoms with Crippen LogP contribution in [0.15, 0.2) is 42.5 Å². The van der Waals surface area contributed by atoms with E-state index in [9.17, 15) is 9.59 Å². The summed E-state index contributed by atoms with van der Waals surface area (Å²) in [6, 6.07) is 12.3. The maximum absolute atomic E-state index is 12.7. The smallest absolute Gasteiger partial charge is 0.253 e. The minimum Gasteiger partial charge on any atom is -0.338 e. The van der Waals surface area contributed by atoms with E-state index in [0.29, 0.717) is 34.4 Å². The van der Waals surface area contributed by atoms with Gasteiger partial charge in [0.25, 0.3) is 5.91 Å². The molecule has 0 spiro atoms. The van der Waals surface area contributed by atoms with Crippen LogP contribution in [-0.2, 0) is 4.79 Å². The summed E-state index contributed by atoms with van der Waals surface area (Å²) in [7, 11) is 0. The Morgan fingerprint density at radius 1 is 1.12 bits per heavy atom. The molecule has 0 radical (unpaired) electrons. The first-order valence-corrected chi connectivity index (χ1v) is 9.32. The Bertz CT molecular complexity index is 821. The molecule has 0 aromatic heterocycles. The zero-order valence-corrected chi connectivity index (χ0v) is 16.0. The Morgan fingerprint density at radius 3 is 2.58 bits per heavy atom. The number of carbonyl (C=O) groups excluding carboxylic acids is 2. The summed E-state index contributed by atoms with van der Waals surface area (Å²) in [5.74, 6) is -0.388. The fourth-order valence-electron chi connectivity index (χ4n) is 3.13. The molecule has 0 aliphatic carbocycles. The summed E-state index contributed by atoms with van der Waals surface area (Å²) in [6.45, 7) is 2.93. The molecule has 2 aromatic carbocycles. The molecule has 2 aromatic rings. The molecule has 136 valence electrons. The normalized spacial score (nSPS) is 17.0. The van der Waals surface area contributed by atoms with Gasteiger partial charge in [0.05, 0.1) is 5.92 Å². The second kappa shape index (κ2) is 8.11. The minimum atomic E-state index is -0.238. The van der Waals surface area contributed by atoms with Crippen molar-refractivity contribution in [2.24, 2.45) is 5.92 Å². The average Bonchev–Trinajstić information content (AvgIpc) is 2.65. The van der Waals surface area contributed by atoms with E-state index in [1.165, 1.54) is 0 Å². The maximum Gasteiger partial charge on any atom is 0.253 e. The Balaban J connectivity index is 1.67. The van der Waals surface area contributed by atoms with Crippen molar-refractivity contribution >= 4 is 40.7 Å². The summed E-state index contributed by atoms with van der Waals surface area (Å²) in [5.41, 5.74) is 2.14. The third-order valence-corrected chi connectivity index (χ3v) is 5.36. The van der Waals surface area contributed by atoms with Crippen LogP contribution in [0.25, 0.3) is 0 Å². The Labute approximate surface area is 163 Å². The number of piperidine rings is 1. The number of hydrogen-bond donors (Lipinski definition) is 1. The lowest BCUT2D eigenvalue weighted by molar-refractivity contribution is -0.121. The van der Waals surface area contributed by atoms with Gasteiger partial charge in [-0.15, -0.1) is 0 Å². The molecule has 1 saturated heterocycles. The quantitative estimate of drug-likeness (QED) is 0.818. The fourth-order valence-corrected chi connectivity index (χ4v) is 3.43. The maximum atomic E-state index is 12.7. The molecule has 6 heteroatoms. The molecule has 2 amide bonds. The molecule has 0 saturated carbocycles. The molecule has 1 N–H and O–H groups in total. The van der Waals surface area contributed by atoms with Crippen LogP contribution in [0.3, 0.4) is 0 Å². The highest BCUT2D eigenvalue weighted by molar-refractivity contribution is 6.31. The van der Waals surface area contributed by atoms with Crippen molar-refractivity contribution in [3.63, 3.8) is 0 Å². The van der Waals surface area contributed by atoms with E-state index in [1.54, 1.807) is 35.2 Å². The highest BCUT2D eigenvalue weighted by Gasteiger charge is 2.29. The number of nitrogens with zero attached hydrogens (tertiary/aromatic N) is 1. The molecular weight excluding hydrogens is 371 g/mol. The number of anilines is 1. The van der Waals surface area contributed by atoms with E-state index in [0.717, 1.165) is 18.4 Å². The van der Waals surface area contributed by atoms with Gasteiger partial charge < -0.3 is 10.2 Å². The SMILES string of the molecule is Cc1c(Cl)cccc1NC(=O)[C@@H]1CCCN(C(=O)c2ccc(Cl)cc2)C1. The minimum absolute atomic E-state index is 0.0712. The van der Waals surface area contributed by atoms with E-state index in [4.69, 9.17) is 23.2 Å². The van der Waals surface area contributed by atoms with E-state index in [2.05, 4.69) is 5.32 Å². The number of nitrogens with one attached hydrogen (secondary N) is 1. The molecule has 1 aliphatic heterocycles. The summed E-state index contributed by atoms with van der Waals surface area (Å²) in [5, 5.41) is 4.16. The average molecular weight is 391 g/mol. The molecule has 4 nitrogen and oxygen atoms in total. The Kier molecular flexibility index (Phi) is 5.84. The van der Waals surface area contributed by atoms with Gasteiger partial charge in [-0.2, -0.15) is 0 Å². The molecule has 0 unspecified atom stereocenters. The van der Waals surface area contributed by atoms with Gasteiger partial charge in [0.15, 0.2) is 0 Å². The monoisotopic (exact) mass is 390 g/mol. The van der Waals surface area contributed by atoms with Crippen molar-refractivity contribution in [2.45, 2.75) is 19.8 Å². The standard InChI is InChI=1S/C20H20Cl2N2O2/c1-13-17(22)5-2-6-18(13)23-19(25)15-4-3-11-24(12-15)20(26)14-7-9-16(21)10-8-14/h2,5-10,15H,3-4,11-12H2,1H3,(H,23,25)/t15-/m1/s1. The van der Waals surface area contributed by atoms with Gasteiger partial charge >= 0.3 is 0 Å².